The molecule has 0 aliphatic carbocycles. The number of halogens is 1. The van der Waals surface area contributed by atoms with E-state index in [9.17, 15) is 0 Å². The zero-order valence-corrected chi connectivity index (χ0v) is 13.1. The van der Waals surface area contributed by atoms with Crippen LogP contribution in [0.25, 0.3) is 0 Å². The molecule has 0 saturated carbocycles. The monoisotopic (exact) mass is 331 g/mol. The highest BCUT2D eigenvalue weighted by Gasteiger charge is 2.23. The van der Waals surface area contributed by atoms with Gasteiger partial charge in [-0.3, -0.25) is 0 Å². The predicted molar refractivity (Wildman–Crippen MR) is 85.2 cm³/mol. The Bertz CT molecular complexity index is 639. The van der Waals surface area contributed by atoms with Crippen molar-refractivity contribution >= 4 is 15.9 Å². The fourth-order valence-electron chi connectivity index (χ4n) is 2.86. The van der Waals surface area contributed by atoms with Gasteiger partial charge in [0.1, 0.15) is 5.75 Å². The molecule has 1 atom stereocenters. The van der Waals surface area contributed by atoms with Crippen molar-refractivity contribution < 1.29 is 4.74 Å². The molecule has 3 rings (SSSR count). The summed E-state index contributed by atoms with van der Waals surface area (Å²) in [7, 11) is 0. The number of benzene rings is 2. The topological polar surface area (TPSA) is 35.2 Å². The van der Waals surface area contributed by atoms with Crippen LogP contribution in [0.3, 0.4) is 0 Å². The predicted octanol–water partition coefficient (Wildman–Crippen LogP) is 3.99. The molecule has 1 heterocycles. The Balaban J connectivity index is 2.09. The van der Waals surface area contributed by atoms with E-state index in [4.69, 9.17) is 10.5 Å². The standard InChI is InChI=1S/C17H18BrNO/c1-2-11-5-3-4-6-14(11)16(19)15-10-13(18)9-12-7-8-20-17(12)15/h3-6,9-10,16H,2,7-8,19H2,1H3. The Morgan fingerprint density at radius 2 is 2.05 bits per heavy atom. The molecule has 1 aliphatic heterocycles. The zero-order valence-electron chi connectivity index (χ0n) is 11.5. The summed E-state index contributed by atoms with van der Waals surface area (Å²) in [6, 6.07) is 12.5. The van der Waals surface area contributed by atoms with Gasteiger partial charge in [-0.25, -0.2) is 0 Å². The lowest BCUT2D eigenvalue weighted by Gasteiger charge is -2.19. The fourth-order valence-corrected chi connectivity index (χ4v) is 3.38. The maximum atomic E-state index is 6.53. The summed E-state index contributed by atoms with van der Waals surface area (Å²) in [6.45, 7) is 2.91. The molecular weight excluding hydrogens is 314 g/mol. The zero-order chi connectivity index (χ0) is 14.1. The van der Waals surface area contributed by atoms with Gasteiger partial charge in [-0.1, -0.05) is 47.1 Å². The number of rotatable bonds is 3. The molecule has 20 heavy (non-hydrogen) atoms. The van der Waals surface area contributed by atoms with Gasteiger partial charge < -0.3 is 10.5 Å². The van der Waals surface area contributed by atoms with Crippen LogP contribution in [0, 0.1) is 0 Å². The summed E-state index contributed by atoms with van der Waals surface area (Å²) in [4.78, 5) is 0. The first-order valence-corrected chi connectivity index (χ1v) is 7.78. The van der Waals surface area contributed by atoms with Crippen LogP contribution in [0.15, 0.2) is 40.9 Å². The molecule has 2 aromatic rings. The minimum absolute atomic E-state index is 0.143. The summed E-state index contributed by atoms with van der Waals surface area (Å²) in [5, 5.41) is 0. The molecule has 1 aliphatic rings. The SMILES string of the molecule is CCc1ccccc1C(N)c1cc(Br)cc2c1OCC2. The minimum atomic E-state index is -0.143. The van der Waals surface area contributed by atoms with Gasteiger partial charge in [0, 0.05) is 16.5 Å². The summed E-state index contributed by atoms with van der Waals surface area (Å²) in [5.41, 5.74) is 11.3. The van der Waals surface area contributed by atoms with Crippen LogP contribution in [0.1, 0.15) is 35.2 Å². The van der Waals surface area contributed by atoms with E-state index < -0.39 is 0 Å². The van der Waals surface area contributed by atoms with Gasteiger partial charge in [0.2, 0.25) is 0 Å². The highest BCUT2D eigenvalue weighted by Crippen LogP contribution is 2.38. The van der Waals surface area contributed by atoms with E-state index in [1.54, 1.807) is 0 Å². The first kappa shape index (κ1) is 13.7. The van der Waals surface area contributed by atoms with Crippen LogP contribution in [-0.2, 0) is 12.8 Å². The average Bonchev–Trinajstić information content (AvgIpc) is 2.93. The fraction of sp³-hybridized carbons (Fsp3) is 0.294. The van der Waals surface area contributed by atoms with Crippen LogP contribution in [0.5, 0.6) is 5.75 Å². The van der Waals surface area contributed by atoms with Crippen molar-refractivity contribution in [2.75, 3.05) is 6.61 Å². The second-order valence-corrected chi connectivity index (χ2v) is 6.03. The van der Waals surface area contributed by atoms with Crippen molar-refractivity contribution in [3.8, 4) is 5.75 Å². The number of ether oxygens (including phenoxy) is 1. The van der Waals surface area contributed by atoms with Gasteiger partial charge in [-0.15, -0.1) is 0 Å². The number of hydrogen-bond donors (Lipinski definition) is 1. The van der Waals surface area contributed by atoms with Crippen LogP contribution in [0.2, 0.25) is 0 Å². The van der Waals surface area contributed by atoms with Crippen LogP contribution >= 0.6 is 15.9 Å². The second kappa shape index (κ2) is 5.58. The average molecular weight is 332 g/mol. The Labute approximate surface area is 128 Å². The maximum Gasteiger partial charge on any atom is 0.127 e. The van der Waals surface area contributed by atoms with E-state index in [-0.39, 0.29) is 6.04 Å². The molecule has 3 heteroatoms. The molecule has 0 spiro atoms. The lowest BCUT2D eigenvalue weighted by molar-refractivity contribution is 0.352. The highest BCUT2D eigenvalue weighted by molar-refractivity contribution is 9.10. The normalized spacial score (nSPS) is 14.8. The molecule has 2 N–H and O–H groups in total. The molecule has 0 bridgehead atoms. The minimum Gasteiger partial charge on any atom is -0.493 e. The Kier molecular flexibility index (Phi) is 3.81. The quantitative estimate of drug-likeness (QED) is 0.922. The number of aryl methyl sites for hydroxylation is 1. The molecule has 0 fully saturated rings. The second-order valence-electron chi connectivity index (χ2n) is 5.11. The number of hydrogen-bond acceptors (Lipinski definition) is 2. The summed E-state index contributed by atoms with van der Waals surface area (Å²) in [5.74, 6) is 0.978. The van der Waals surface area contributed by atoms with E-state index in [1.165, 1.54) is 16.7 Å². The van der Waals surface area contributed by atoms with E-state index in [0.717, 1.165) is 35.2 Å². The van der Waals surface area contributed by atoms with Crippen molar-refractivity contribution in [2.24, 2.45) is 5.73 Å². The van der Waals surface area contributed by atoms with Gasteiger partial charge in [0.05, 0.1) is 12.6 Å². The number of fused-ring (bicyclic) bond motifs is 1. The van der Waals surface area contributed by atoms with Gasteiger partial charge in [-0.2, -0.15) is 0 Å². The summed E-state index contributed by atoms with van der Waals surface area (Å²) in [6.07, 6.45) is 1.95. The molecule has 0 radical (unpaired) electrons. The van der Waals surface area contributed by atoms with E-state index in [0.29, 0.717) is 0 Å². The summed E-state index contributed by atoms with van der Waals surface area (Å²) >= 11 is 3.58. The Morgan fingerprint density at radius 3 is 2.85 bits per heavy atom. The molecule has 1 unspecified atom stereocenters. The summed E-state index contributed by atoms with van der Waals surface area (Å²) < 4.78 is 6.87. The van der Waals surface area contributed by atoms with Gasteiger partial charge in [-0.05, 0) is 35.2 Å². The third kappa shape index (κ3) is 2.36. The van der Waals surface area contributed by atoms with Gasteiger partial charge >= 0.3 is 0 Å². The molecule has 0 aromatic heterocycles. The maximum absolute atomic E-state index is 6.53. The van der Waals surface area contributed by atoms with Crippen LogP contribution in [0.4, 0.5) is 0 Å². The largest absolute Gasteiger partial charge is 0.493 e. The van der Waals surface area contributed by atoms with Crippen molar-refractivity contribution in [3.05, 3.63) is 63.1 Å². The lowest BCUT2D eigenvalue weighted by atomic mass is 9.92. The van der Waals surface area contributed by atoms with Gasteiger partial charge in [0.15, 0.2) is 0 Å². The van der Waals surface area contributed by atoms with Crippen molar-refractivity contribution in [1.29, 1.82) is 0 Å². The van der Waals surface area contributed by atoms with Crippen molar-refractivity contribution in [1.82, 2.24) is 0 Å². The number of nitrogens with two attached hydrogens (primary N) is 1. The molecule has 104 valence electrons. The smallest absolute Gasteiger partial charge is 0.127 e. The molecular formula is C17H18BrNO. The first-order chi connectivity index (χ1) is 9.70. The van der Waals surface area contributed by atoms with E-state index >= 15 is 0 Å². The van der Waals surface area contributed by atoms with Gasteiger partial charge in [0.25, 0.3) is 0 Å². The van der Waals surface area contributed by atoms with Crippen molar-refractivity contribution in [2.45, 2.75) is 25.8 Å². The molecule has 0 saturated heterocycles. The lowest BCUT2D eigenvalue weighted by Crippen LogP contribution is -2.15. The molecule has 2 aromatic carbocycles. The van der Waals surface area contributed by atoms with E-state index in [1.807, 2.05) is 6.07 Å². The van der Waals surface area contributed by atoms with Crippen molar-refractivity contribution in [3.63, 3.8) is 0 Å². The third-order valence-electron chi connectivity index (χ3n) is 3.88. The highest BCUT2D eigenvalue weighted by atomic mass is 79.9. The van der Waals surface area contributed by atoms with E-state index in [2.05, 4.69) is 53.2 Å². The first-order valence-electron chi connectivity index (χ1n) is 6.99. The molecule has 0 amide bonds. The molecule has 2 nitrogen and oxygen atoms in total. The van der Waals surface area contributed by atoms with Crippen LogP contribution in [-0.4, -0.2) is 6.61 Å². The Hall–Kier alpha value is -1.32. The third-order valence-corrected chi connectivity index (χ3v) is 4.34. The Morgan fingerprint density at radius 1 is 1.25 bits per heavy atom. The van der Waals surface area contributed by atoms with Crippen LogP contribution < -0.4 is 10.5 Å².